The second kappa shape index (κ2) is 8.51. The number of hydrogen-bond donors (Lipinski definition) is 1. The van der Waals surface area contributed by atoms with Crippen LogP contribution in [-0.2, 0) is 0 Å². The van der Waals surface area contributed by atoms with Gasteiger partial charge in [-0.15, -0.1) is 0 Å². The SMILES string of the molecule is Brc1ccc(Nc2ccc(-c3ccccc3-c3ccc4ccc5cccc6ccc3c4c56)cc2)cc1. The Hall–Kier alpha value is -4.14. The van der Waals surface area contributed by atoms with Crippen molar-refractivity contribution in [3.05, 3.63) is 132 Å². The highest BCUT2D eigenvalue weighted by molar-refractivity contribution is 9.10. The molecule has 2 heteroatoms. The summed E-state index contributed by atoms with van der Waals surface area (Å²) in [6.45, 7) is 0. The molecule has 1 nitrogen and oxygen atoms in total. The molecule has 0 bridgehead atoms. The quantitative estimate of drug-likeness (QED) is 0.226. The van der Waals surface area contributed by atoms with Crippen molar-refractivity contribution in [1.82, 2.24) is 0 Å². The van der Waals surface area contributed by atoms with Crippen molar-refractivity contribution < 1.29 is 0 Å². The van der Waals surface area contributed by atoms with Crippen LogP contribution in [0.5, 0.6) is 0 Å². The normalized spacial score (nSPS) is 11.5. The predicted molar refractivity (Wildman–Crippen MR) is 158 cm³/mol. The number of benzene rings is 7. The summed E-state index contributed by atoms with van der Waals surface area (Å²) in [5, 5.41) is 11.4. The number of rotatable bonds is 4. The van der Waals surface area contributed by atoms with Gasteiger partial charge in [-0.1, -0.05) is 107 Å². The van der Waals surface area contributed by atoms with Gasteiger partial charge in [0.1, 0.15) is 0 Å². The highest BCUT2D eigenvalue weighted by atomic mass is 79.9. The van der Waals surface area contributed by atoms with Crippen LogP contribution in [0, 0.1) is 0 Å². The molecule has 0 atom stereocenters. The van der Waals surface area contributed by atoms with Crippen LogP contribution in [0.25, 0.3) is 54.6 Å². The van der Waals surface area contributed by atoms with Gasteiger partial charge in [-0.3, -0.25) is 0 Å². The van der Waals surface area contributed by atoms with E-state index in [1.54, 1.807) is 0 Å². The van der Waals surface area contributed by atoms with Crippen molar-refractivity contribution in [2.45, 2.75) is 0 Å². The average Bonchev–Trinajstić information content (AvgIpc) is 2.93. The van der Waals surface area contributed by atoms with Crippen LogP contribution in [-0.4, -0.2) is 0 Å². The standard InChI is InChI=1S/C34H22BrN/c35-26-14-18-28(19-15-26)36-27-16-10-22(11-17-27)29-6-1-2-7-30(29)31-20-12-25-9-8-23-4-3-5-24-13-21-32(31)34(25)33(23)24/h1-21,36H. The Balaban J connectivity index is 1.34. The van der Waals surface area contributed by atoms with Crippen molar-refractivity contribution in [2.24, 2.45) is 0 Å². The molecule has 0 saturated heterocycles. The summed E-state index contributed by atoms with van der Waals surface area (Å²) < 4.78 is 1.08. The van der Waals surface area contributed by atoms with Gasteiger partial charge in [0.15, 0.2) is 0 Å². The molecule has 170 valence electrons. The molecule has 0 spiro atoms. The lowest BCUT2D eigenvalue weighted by Gasteiger charge is -2.16. The Kier molecular flexibility index (Phi) is 5.00. The molecule has 0 aromatic heterocycles. The van der Waals surface area contributed by atoms with Crippen molar-refractivity contribution in [1.29, 1.82) is 0 Å². The smallest absolute Gasteiger partial charge is 0.0384 e. The summed E-state index contributed by atoms with van der Waals surface area (Å²) in [4.78, 5) is 0. The molecule has 1 N–H and O–H groups in total. The Morgan fingerprint density at radius 2 is 1.00 bits per heavy atom. The largest absolute Gasteiger partial charge is 0.356 e. The molecule has 0 unspecified atom stereocenters. The first-order chi connectivity index (χ1) is 17.7. The minimum absolute atomic E-state index is 1.07. The van der Waals surface area contributed by atoms with Gasteiger partial charge in [0, 0.05) is 15.8 Å². The van der Waals surface area contributed by atoms with E-state index < -0.39 is 0 Å². The maximum Gasteiger partial charge on any atom is 0.0384 e. The molecule has 0 saturated carbocycles. The first-order valence-corrected chi connectivity index (χ1v) is 12.9. The summed E-state index contributed by atoms with van der Waals surface area (Å²) in [7, 11) is 0. The minimum Gasteiger partial charge on any atom is -0.356 e. The molecule has 0 aliphatic rings. The third-order valence-electron chi connectivity index (χ3n) is 7.07. The van der Waals surface area contributed by atoms with E-state index in [4.69, 9.17) is 0 Å². The van der Waals surface area contributed by atoms with Gasteiger partial charge < -0.3 is 5.32 Å². The van der Waals surface area contributed by atoms with Gasteiger partial charge in [0.2, 0.25) is 0 Å². The zero-order valence-corrected chi connectivity index (χ0v) is 21.1. The summed E-state index contributed by atoms with van der Waals surface area (Å²) >= 11 is 3.50. The molecule has 0 heterocycles. The van der Waals surface area contributed by atoms with Gasteiger partial charge in [-0.05, 0) is 91.0 Å². The predicted octanol–water partition coefficient (Wildman–Crippen LogP) is 10.4. The zero-order valence-electron chi connectivity index (χ0n) is 19.5. The maximum atomic E-state index is 3.50. The maximum absolute atomic E-state index is 3.50. The van der Waals surface area contributed by atoms with Crippen LogP contribution in [0.15, 0.2) is 132 Å². The fourth-order valence-corrected chi connectivity index (χ4v) is 5.64. The van der Waals surface area contributed by atoms with Crippen molar-refractivity contribution in [3.63, 3.8) is 0 Å². The van der Waals surface area contributed by atoms with E-state index in [-0.39, 0.29) is 0 Å². The lowest BCUT2D eigenvalue weighted by atomic mass is 9.87. The van der Waals surface area contributed by atoms with Gasteiger partial charge in [0.05, 0.1) is 0 Å². The number of hydrogen-bond acceptors (Lipinski definition) is 1. The Labute approximate surface area is 218 Å². The first-order valence-electron chi connectivity index (χ1n) is 12.1. The van der Waals surface area contributed by atoms with E-state index >= 15 is 0 Å². The van der Waals surface area contributed by atoms with Crippen LogP contribution in [0.1, 0.15) is 0 Å². The molecule has 0 aliphatic carbocycles. The molecule has 36 heavy (non-hydrogen) atoms. The summed E-state index contributed by atoms with van der Waals surface area (Å²) in [5.74, 6) is 0. The van der Waals surface area contributed by atoms with Gasteiger partial charge in [-0.2, -0.15) is 0 Å². The fraction of sp³-hybridized carbons (Fsp3) is 0. The Morgan fingerprint density at radius 3 is 1.72 bits per heavy atom. The van der Waals surface area contributed by atoms with E-state index in [1.807, 2.05) is 12.1 Å². The number of halogens is 1. The Morgan fingerprint density at radius 1 is 0.417 bits per heavy atom. The van der Waals surface area contributed by atoms with E-state index in [1.165, 1.54) is 54.6 Å². The molecule has 0 fully saturated rings. The fourth-order valence-electron chi connectivity index (χ4n) is 5.37. The molecule has 0 aliphatic heterocycles. The third-order valence-corrected chi connectivity index (χ3v) is 7.60. The number of anilines is 2. The molecule has 7 aromatic carbocycles. The van der Waals surface area contributed by atoms with Crippen LogP contribution >= 0.6 is 15.9 Å². The highest BCUT2D eigenvalue weighted by Crippen LogP contribution is 2.42. The summed E-state index contributed by atoms with van der Waals surface area (Å²) in [6, 6.07) is 45.8. The number of nitrogens with one attached hydrogen (secondary N) is 1. The molecule has 0 radical (unpaired) electrons. The molecule has 0 amide bonds. The monoisotopic (exact) mass is 523 g/mol. The van der Waals surface area contributed by atoms with Crippen molar-refractivity contribution in [2.75, 3.05) is 5.32 Å². The molecule has 7 aromatic rings. The van der Waals surface area contributed by atoms with Crippen LogP contribution < -0.4 is 5.32 Å². The van der Waals surface area contributed by atoms with E-state index in [9.17, 15) is 0 Å². The average molecular weight is 524 g/mol. The molecule has 7 rings (SSSR count). The highest BCUT2D eigenvalue weighted by Gasteiger charge is 2.14. The molecular weight excluding hydrogens is 502 g/mol. The third kappa shape index (κ3) is 3.54. The first kappa shape index (κ1) is 21.2. The van der Waals surface area contributed by atoms with Crippen molar-refractivity contribution >= 4 is 59.6 Å². The Bertz CT molecular complexity index is 1830. The van der Waals surface area contributed by atoms with Crippen LogP contribution in [0.2, 0.25) is 0 Å². The minimum atomic E-state index is 1.07. The summed E-state index contributed by atoms with van der Waals surface area (Å²) in [6.07, 6.45) is 0. The van der Waals surface area contributed by atoms with E-state index in [0.717, 1.165) is 15.8 Å². The van der Waals surface area contributed by atoms with Gasteiger partial charge in [-0.25, -0.2) is 0 Å². The van der Waals surface area contributed by atoms with Crippen LogP contribution in [0.4, 0.5) is 11.4 Å². The van der Waals surface area contributed by atoms with E-state index in [0.29, 0.717) is 0 Å². The molecular formula is C34H22BrN. The lowest BCUT2D eigenvalue weighted by molar-refractivity contribution is 1.53. The van der Waals surface area contributed by atoms with Crippen LogP contribution in [0.3, 0.4) is 0 Å². The zero-order chi connectivity index (χ0) is 24.1. The van der Waals surface area contributed by atoms with E-state index in [2.05, 4.69) is 137 Å². The van der Waals surface area contributed by atoms with Crippen molar-refractivity contribution in [3.8, 4) is 22.3 Å². The second-order valence-corrected chi connectivity index (χ2v) is 10.1. The van der Waals surface area contributed by atoms with Gasteiger partial charge in [0.25, 0.3) is 0 Å². The van der Waals surface area contributed by atoms with Gasteiger partial charge >= 0.3 is 0 Å². The lowest BCUT2D eigenvalue weighted by Crippen LogP contribution is -1.91. The topological polar surface area (TPSA) is 12.0 Å². The summed E-state index contributed by atoms with van der Waals surface area (Å²) in [5.41, 5.74) is 7.11. The second-order valence-electron chi connectivity index (χ2n) is 9.22.